The van der Waals surface area contributed by atoms with Crippen molar-refractivity contribution in [2.24, 2.45) is 5.73 Å². The molecular formula is C16H28N2O2S. The minimum atomic E-state index is -3.54. The molecule has 0 bridgehead atoms. The summed E-state index contributed by atoms with van der Waals surface area (Å²) in [6, 6.07) is 5.45. The van der Waals surface area contributed by atoms with Gasteiger partial charge < -0.3 is 5.73 Å². The molecule has 0 spiro atoms. The molecule has 21 heavy (non-hydrogen) atoms. The van der Waals surface area contributed by atoms with Crippen LogP contribution in [-0.2, 0) is 10.0 Å². The minimum Gasteiger partial charge on any atom is -0.329 e. The number of nitrogens with two attached hydrogens (primary N) is 1. The largest absolute Gasteiger partial charge is 0.329 e. The molecule has 1 unspecified atom stereocenters. The van der Waals surface area contributed by atoms with Gasteiger partial charge in [0.2, 0.25) is 10.0 Å². The number of hydrogen-bond donors (Lipinski definition) is 1. The molecule has 0 saturated carbocycles. The monoisotopic (exact) mass is 312 g/mol. The first-order valence-corrected chi connectivity index (χ1v) is 8.97. The lowest BCUT2D eigenvalue weighted by atomic mass is 9.99. The predicted molar refractivity (Wildman–Crippen MR) is 87.8 cm³/mol. The Morgan fingerprint density at radius 1 is 1.24 bits per heavy atom. The van der Waals surface area contributed by atoms with Gasteiger partial charge in [-0.2, -0.15) is 4.31 Å². The standard InChI is InChI=1S/C16H28N2O2S/c1-6-10-18(16(5,7-2)12-17)21(19,20)15-9-8-13(3)11-14(15)4/h8-9,11H,6-7,10,12,17H2,1-5H3. The van der Waals surface area contributed by atoms with Gasteiger partial charge in [-0.1, -0.05) is 31.5 Å². The first-order valence-electron chi connectivity index (χ1n) is 7.53. The van der Waals surface area contributed by atoms with Gasteiger partial charge in [0.15, 0.2) is 0 Å². The van der Waals surface area contributed by atoms with Crippen molar-refractivity contribution in [1.82, 2.24) is 4.31 Å². The van der Waals surface area contributed by atoms with E-state index in [-0.39, 0.29) is 0 Å². The van der Waals surface area contributed by atoms with Gasteiger partial charge in [-0.25, -0.2) is 8.42 Å². The van der Waals surface area contributed by atoms with Crippen LogP contribution >= 0.6 is 0 Å². The Kier molecular flexibility index (Phi) is 5.96. The summed E-state index contributed by atoms with van der Waals surface area (Å²) in [5.74, 6) is 0. The van der Waals surface area contributed by atoms with E-state index in [2.05, 4.69) is 0 Å². The van der Waals surface area contributed by atoms with E-state index in [0.717, 1.165) is 17.5 Å². The molecule has 5 heteroatoms. The minimum absolute atomic E-state index is 0.313. The third-order valence-corrected chi connectivity index (χ3v) is 6.35. The smallest absolute Gasteiger partial charge is 0.243 e. The van der Waals surface area contributed by atoms with E-state index >= 15 is 0 Å². The molecular weight excluding hydrogens is 284 g/mol. The quantitative estimate of drug-likeness (QED) is 0.842. The summed E-state index contributed by atoms with van der Waals surface area (Å²) in [4.78, 5) is 0.384. The zero-order chi connectivity index (χ0) is 16.3. The average molecular weight is 312 g/mol. The zero-order valence-electron chi connectivity index (χ0n) is 13.8. The highest BCUT2D eigenvalue weighted by Crippen LogP contribution is 2.29. The van der Waals surface area contributed by atoms with Crippen molar-refractivity contribution in [1.29, 1.82) is 0 Å². The fourth-order valence-corrected chi connectivity index (χ4v) is 4.66. The number of rotatable bonds is 7. The summed E-state index contributed by atoms with van der Waals surface area (Å²) < 4.78 is 27.8. The summed E-state index contributed by atoms with van der Waals surface area (Å²) in [6.45, 7) is 10.5. The molecule has 0 aliphatic heterocycles. The van der Waals surface area contributed by atoms with Crippen LogP contribution in [0.3, 0.4) is 0 Å². The Morgan fingerprint density at radius 3 is 2.29 bits per heavy atom. The topological polar surface area (TPSA) is 63.4 Å². The van der Waals surface area contributed by atoms with Crippen LogP contribution in [0.15, 0.2) is 23.1 Å². The number of nitrogens with zero attached hydrogens (tertiary/aromatic N) is 1. The second-order valence-electron chi connectivity index (χ2n) is 5.90. The van der Waals surface area contributed by atoms with Crippen LogP contribution in [0.5, 0.6) is 0 Å². The molecule has 0 aliphatic rings. The molecule has 120 valence electrons. The molecule has 1 aromatic rings. The number of sulfonamides is 1. The second-order valence-corrected chi connectivity index (χ2v) is 7.73. The van der Waals surface area contributed by atoms with Gasteiger partial charge in [0, 0.05) is 18.6 Å². The van der Waals surface area contributed by atoms with Crippen molar-refractivity contribution in [2.45, 2.75) is 57.9 Å². The average Bonchev–Trinajstić information content (AvgIpc) is 2.43. The third kappa shape index (κ3) is 3.65. The second kappa shape index (κ2) is 6.90. The number of aryl methyl sites for hydroxylation is 2. The normalized spacial score (nSPS) is 15.2. The fourth-order valence-electron chi connectivity index (χ4n) is 2.51. The molecule has 1 rings (SSSR count). The molecule has 2 N–H and O–H groups in total. The van der Waals surface area contributed by atoms with Gasteiger partial charge in [0.05, 0.1) is 4.90 Å². The van der Waals surface area contributed by atoms with Gasteiger partial charge in [-0.3, -0.25) is 0 Å². The highest BCUT2D eigenvalue weighted by Gasteiger charge is 2.38. The van der Waals surface area contributed by atoms with Crippen molar-refractivity contribution in [3.63, 3.8) is 0 Å². The number of benzene rings is 1. The Bertz CT molecular complexity index is 578. The van der Waals surface area contributed by atoms with Crippen molar-refractivity contribution in [3.05, 3.63) is 29.3 Å². The molecule has 4 nitrogen and oxygen atoms in total. The van der Waals surface area contributed by atoms with E-state index in [0.29, 0.717) is 24.4 Å². The Balaban J connectivity index is 3.41. The van der Waals surface area contributed by atoms with Gasteiger partial charge in [0.25, 0.3) is 0 Å². The SMILES string of the molecule is CCCN(C(C)(CC)CN)S(=O)(=O)c1ccc(C)cc1C. The molecule has 0 radical (unpaired) electrons. The van der Waals surface area contributed by atoms with Crippen molar-refractivity contribution in [3.8, 4) is 0 Å². The van der Waals surface area contributed by atoms with Gasteiger partial charge >= 0.3 is 0 Å². The Morgan fingerprint density at radius 2 is 1.86 bits per heavy atom. The van der Waals surface area contributed by atoms with E-state index in [9.17, 15) is 8.42 Å². The van der Waals surface area contributed by atoms with Crippen LogP contribution in [0.4, 0.5) is 0 Å². The maximum atomic E-state index is 13.1. The maximum Gasteiger partial charge on any atom is 0.243 e. The molecule has 0 aromatic heterocycles. The van der Waals surface area contributed by atoms with E-state index in [1.807, 2.05) is 46.8 Å². The van der Waals surface area contributed by atoms with E-state index in [1.165, 1.54) is 0 Å². The van der Waals surface area contributed by atoms with Gasteiger partial charge in [-0.15, -0.1) is 0 Å². The van der Waals surface area contributed by atoms with E-state index in [4.69, 9.17) is 5.73 Å². The molecule has 0 amide bonds. The van der Waals surface area contributed by atoms with Crippen LogP contribution in [0.1, 0.15) is 44.7 Å². The van der Waals surface area contributed by atoms with Gasteiger partial charge in [-0.05, 0) is 45.2 Å². The summed E-state index contributed by atoms with van der Waals surface area (Å²) >= 11 is 0. The highest BCUT2D eigenvalue weighted by molar-refractivity contribution is 7.89. The third-order valence-electron chi connectivity index (χ3n) is 4.13. The summed E-state index contributed by atoms with van der Waals surface area (Å²) in [5, 5.41) is 0. The van der Waals surface area contributed by atoms with E-state index in [1.54, 1.807) is 10.4 Å². The lowest BCUT2D eigenvalue weighted by Crippen LogP contribution is -2.54. The predicted octanol–water partition coefficient (Wildman–Crippen LogP) is 2.83. The first kappa shape index (κ1) is 18.1. The Hall–Kier alpha value is -0.910. The van der Waals surface area contributed by atoms with Crippen molar-refractivity contribution in [2.75, 3.05) is 13.1 Å². The lowest BCUT2D eigenvalue weighted by Gasteiger charge is -2.39. The van der Waals surface area contributed by atoms with Crippen LogP contribution in [-0.4, -0.2) is 31.4 Å². The maximum absolute atomic E-state index is 13.1. The fraction of sp³-hybridized carbons (Fsp3) is 0.625. The van der Waals surface area contributed by atoms with Gasteiger partial charge in [0.1, 0.15) is 0 Å². The van der Waals surface area contributed by atoms with Crippen LogP contribution in [0.2, 0.25) is 0 Å². The Labute approximate surface area is 129 Å². The van der Waals surface area contributed by atoms with Crippen molar-refractivity contribution >= 4 is 10.0 Å². The number of hydrogen-bond acceptors (Lipinski definition) is 3. The summed E-state index contributed by atoms with van der Waals surface area (Å²) in [5.41, 5.74) is 7.17. The van der Waals surface area contributed by atoms with Crippen molar-refractivity contribution < 1.29 is 8.42 Å². The molecule has 0 heterocycles. The molecule has 0 saturated heterocycles. The highest BCUT2D eigenvalue weighted by atomic mass is 32.2. The molecule has 1 aromatic carbocycles. The summed E-state index contributed by atoms with van der Waals surface area (Å²) in [7, 11) is -3.54. The first-order chi connectivity index (χ1) is 9.72. The molecule has 1 atom stereocenters. The lowest BCUT2D eigenvalue weighted by molar-refractivity contribution is 0.206. The van der Waals surface area contributed by atoms with Crippen LogP contribution in [0, 0.1) is 13.8 Å². The van der Waals surface area contributed by atoms with Crippen LogP contribution in [0.25, 0.3) is 0 Å². The van der Waals surface area contributed by atoms with Crippen LogP contribution < -0.4 is 5.73 Å². The summed E-state index contributed by atoms with van der Waals surface area (Å²) in [6.07, 6.45) is 1.45. The van der Waals surface area contributed by atoms with E-state index < -0.39 is 15.6 Å². The molecule has 0 aliphatic carbocycles. The molecule has 0 fully saturated rings. The zero-order valence-corrected chi connectivity index (χ0v) is 14.6.